The molecule has 3 heteroatoms. The summed E-state index contributed by atoms with van der Waals surface area (Å²) in [5, 5.41) is 2.28. The third-order valence-corrected chi connectivity index (χ3v) is 5.13. The van der Waals surface area contributed by atoms with Crippen LogP contribution in [0.2, 0.25) is 0 Å². The highest BCUT2D eigenvalue weighted by Gasteiger charge is 2.13. The Balaban J connectivity index is 1.63. The topological polar surface area (TPSA) is 29.0 Å². The van der Waals surface area contributed by atoms with Gasteiger partial charge in [-0.1, -0.05) is 30.3 Å². The lowest BCUT2D eigenvalue weighted by molar-refractivity contribution is 0.949. The predicted octanol–water partition coefficient (Wildman–Crippen LogP) is 5.05. The van der Waals surface area contributed by atoms with Crippen molar-refractivity contribution in [3.05, 3.63) is 67.0 Å². The summed E-state index contributed by atoms with van der Waals surface area (Å²) in [6, 6.07) is 19.4. The molecule has 1 aliphatic rings. The first-order valence-corrected chi connectivity index (χ1v) is 8.88. The quantitative estimate of drug-likeness (QED) is 0.483. The monoisotopic (exact) mass is 325 g/mol. The predicted molar refractivity (Wildman–Crippen MR) is 104 cm³/mol. The second kappa shape index (κ2) is 5.85. The number of hydrogen-bond acceptors (Lipinski definition) is 3. The first kappa shape index (κ1) is 14.4. The molecule has 25 heavy (non-hydrogen) atoms. The number of hydrogen-bond donors (Lipinski definition) is 0. The van der Waals surface area contributed by atoms with Gasteiger partial charge in [0.2, 0.25) is 0 Å². The first-order chi connectivity index (χ1) is 12.4. The van der Waals surface area contributed by atoms with Crippen molar-refractivity contribution < 1.29 is 0 Å². The average Bonchev–Trinajstić information content (AvgIpc) is 3.22. The highest BCUT2D eigenvalue weighted by Crippen LogP contribution is 2.32. The van der Waals surface area contributed by atoms with Gasteiger partial charge in [-0.15, -0.1) is 0 Å². The van der Waals surface area contributed by atoms with Crippen molar-refractivity contribution in [2.75, 3.05) is 18.0 Å². The summed E-state index contributed by atoms with van der Waals surface area (Å²) in [5.74, 6) is 0. The minimum atomic E-state index is 0.968. The van der Waals surface area contributed by atoms with Crippen LogP contribution >= 0.6 is 0 Å². The van der Waals surface area contributed by atoms with E-state index in [4.69, 9.17) is 0 Å². The fraction of sp³-hybridized carbons (Fsp3) is 0.182. The minimum absolute atomic E-state index is 0.968. The molecule has 3 nitrogen and oxygen atoms in total. The van der Waals surface area contributed by atoms with Crippen LogP contribution in [0.15, 0.2) is 67.0 Å². The van der Waals surface area contributed by atoms with Gasteiger partial charge < -0.3 is 4.90 Å². The van der Waals surface area contributed by atoms with Gasteiger partial charge in [0.05, 0.1) is 11.0 Å². The van der Waals surface area contributed by atoms with Crippen molar-refractivity contribution in [1.82, 2.24) is 9.97 Å². The van der Waals surface area contributed by atoms with Crippen LogP contribution in [0.3, 0.4) is 0 Å². The van der Waals surface area contributed by atoms with Gasteiger partial charge in [0.25, 0.3) is 0 Å². The minimum Gasteiger partial charge on any atom is -0.372 e. The Labute approximate surface area is 147 Å². The Hall–Kier alpha value is -2.94. The zero-order valence-corrected chi connectivity index (χ0v) is 14.0. The van der Waals surface area contributed by atoms with Crippen molar-refractivity contribution in [2.45, 2.75) is 12.8 Å². The molecule has 0 atom stereocenters. The third-order valence-electron chi connectivity index (χ3n) is 5.13. The number of rotatable bonds is 2. The SMILES string of the molecule is c1cnc2c(c1)ccc1c(-c3ccc(N4CCCC4)cc3)ccnc12. The second-order valence-corrected chi connectivity index (χ2v) is 6.64. The number of fused-ring (bicyclic) bond motifs is 3. The van der Waals surface area contributed by atoms with Crippen LogP contribution in [0.4, 0.5) is 5.69 Å². The highest BCUT2D eigenvalue weighted by molar-refractivity contribution is 6.07. The molecule has 0 N–H and O–H groups in total. The number of nitrogens with zero attached hydrogens (tertiary/aromatic N) is 3. The molecule has 0 amide bonds. The lowest BCUT2D eigenvalue weighted by atomic mass is 9.99. The van der Waals surface area contributed by atoms with Gasteiger partial charge in [-0.2, -0.15) is 0 Å². The lowest BCUT2D eigenvalue weighted by Gasteiger charge is -2.18. The summed E-state index contributed by atoms with van der Waals surface area (Å²) >= 11 is 0. The van der Waals surface area contributed by atoms with Crippen molar-refractivity contribution in [3.63, 3.8) is 0 Å². The molecule has 0 saturated carbocycles. The van der Waals surface area contributed by atoms with E-state index in [1.165, 1.54) is 42.7 Å². The molecule has 4 aromatic rings. The van der Waals surface area contributed by atoms with E-state index in [-0.39, 0.29) is 0 Å². The van der Waals surface area contributed by atoms with E-state index in [1.807, 2.05) is 18.5 Å². The summed E-state index contributed by atoms with van der Waals surface area (Å²) in [5.41, 5.74) is 5.71. The van der Waals surface area contributed by atoms with Crippen molar-refractivity contribution >= 4 is 27.5 Å². The molecule has 0 bridgehead atoms. The summed E-state index contributed by atoms with van der Waals surface area (Å²) in [6.45, 7) is 2.35. The van der Waals surface area contributed by atoms with E-state index in [0.717, 1.165) is 21.8 Å². The highest BCUT2D eigenvalue weighted by atomic mass is 15.1. The van der Waals surface area contributed by atoms with Crippen LogP contribution in [0, 0.1) is 0 Å². The summed E-state index contributed by atoms with van der Waals surface area (Å²) in [7, 11) is 0. The average molecular weight is 325 g/mol. The molecule has 2 aromatic carbocycles. The largest absolute Gasteiger partial charge is 0.372 e. The second-order valence-electron chi connectivity index (χ2n) is 6.64. The molecule has 1 saturated heterocycles. The Morgan fingerprint density at radius 3 is 2.36 bits per heavy atom. The maximum atomic E-state index is 4.61. The molecule has 0 spiro atoms. The zero-order chi connectivity index (χ0) is 16.6. The Morgan fingerprint density at radius 1 is 0.720 bits per heavy atom. The van der Waals surface area contributed by atoms with E-state index in [2.05, 4.69) is 63.4 Å². The van der Waals surface area contributed by atoms with Crippen molar-refractivity contribution in [3.8, 4) is 11.1 Å². The van der Waals surface area contributed by atoms with Gasteiger partial charge in [-0.3, -0.25) is 9.97 Å². The summed E-state index contributed by atoms with van der Waals surface area (Å²) < 4.78 is 0. The molecular formula is C22H19N3. The van der Waals surface area contributed by atoms with Gasteiger partial charge in [-0.25, -0.2) is 0 Å². The fourth-order valence-electron chi connectivity index (χ4n) is 3.83. The smallest absolute Gasteiger partial charge is 0.0970 e. The standard InChI is InChI=1S/C22H19N3/c1-2-15-25(14-1)18-8-5-16(6-9-18)19-11-13-24-22-20(19)10-7-17-4-3-12-23-21(17)22/h3-13H,1-2,14-15H2. The third kappa shape index (κ3) is 2.43. The number of anilines is 1. The van der Waals surface area contributed by atoms with Crippen LogP contribution in [0.1, 0.15) is 12.8 Å². The van der Waals surface area contributed by atoms with Crippen LogP contribution in [0.5, 0.6) is 0 Å². The first-order valence-electron chi connectivity index (χ1n) is 8.88. The molecule has 1 aliphatic heterocycles. The maximum Gasteiger partial charge on any atom is 0.0970 e. The fourth-order valence-corrected chi connectivity index (χ4v) is 3.83. The van der Waals surface area contributed by atoms with Crippen LogP contribution in [0.25, 0.3) is 32.9 Å². The zero-order valence-electron chi connectivity index (χ0n) is 14.0. The van der Waals surface area contributed by atoms with Crippen molar-refractivity contribution in [1.29, 1.82) is 0 Å². The summed E-state index contributed by atoms with van der Waals surface area (Å²) in [4.78, 5) is 11.6. The van der Waals surface area contributed by atoms with Crippen LogP contribution in [-0.4, -0.2) is 23.1 Å². The van der Waals surface area contributed by atoms with Crippen molar-refractivity contribution in [2.24, 2.45) is 0 Å². The number of benzene rings is 2. The molecule has 5 rings (SSSR count). The van der Waals surface area contributed by atoms with E-state index in [1.54, 1.807) is 0 Å². The van der Waals surface area contributed by atoms with E-state index < -0.39 is 0 Å². The lowest BCUT2D eigenvalue weighted by Crippen LogP contribution is -2.17. The molecule has 0 unspecified atom stereocenters. The van der Waals surface area contributed by atoms with Gasteiger partial charge in [0, 0.05) is 41.9 Å². The van der Waals surface area contributed by atoms with E-state index >= 15 is 0 Å². The summed E-state index contributed by atoms with van der Waals surface area (Å²) in [6.07, 6.45) is 6.33. The van der Waals surface area contributed by atoms with Gasteiger partial charge in [0.1, 0.15) is 0 Å². The van der Waals surface area contributed by atoms with Gasteiger partial charge in [-0.05, 0) is 48.2 Å². The molecule has 0 radical (unpaired) electrons. The molecular weight excluding hydrogens is 306 g/mol. The van der Waals surface area contributed by atoms with Gasteiger partial charge in [0.15, 0.2) is 0 Å². The molecule has 0 aliphatic carbocycles. The normalized spacial score (nSPS) is 14.5. The molecule has 1 fully saturated rings. The molecule has 3 heterocycles. The maximum absolute atomic E-state index is 4.61. The number of aromatic nitrogens is 2. The van der Waals surface area contributed by atoms with Crippen LogP contribution in [-0.2, 0) is 0 Å². The Bertz CT molecular complexity index is 1050. The number of pyridine rings is 2. The van der Waals surface area contributed by atoms with E-state index in [0.29, 0.717) is 0 Å². The van der Waals surface area contributed by atoms with Gasteiger partial charge >= 0.3 is 0 Å². The van der Waals surface area contributed by atoms with Crippen LogP contribution < -0.4 is 4.90 Å². The Kier molecular flexibility index (Phi) is 3.37. The van der Waals surface area contributed by atoms with E-state index in [9.17, 15) is 0 Å². The molecule has 122 valence electrons. The Morgan fingerprint density at radius 2 is 1.52 bits per heavy atom. The molecule has 2 aromatic heterocycles.